The molecule has 2 unspecified atom stereocenters. The second-order valence-corrected chi connectivity index (χ2v) is 7.29. The number of ether oxygens (including phenoxy) is 2. The van der Waals surface area contributed by atoms with Crippen LogP contribution in [0.25, 0.3) is 0 Å². The first-order valence-corrected chi connectivity index (χ1v) is 9.72. The van der Waals surface area contributed by atoms with Gasteiger partial charge in [-0.3, -0.25) is 4.79 Å². The van der Waals surface area contributed by atoms with Gasteiger partial charge in [0, 0.05) is 36.4 Å². The van der Waals surface area contributed by atoms with Gasteiger partial charge in [-0.05, 0) is 42.3 Å². The van der Waals surface area contributed by atoms with E-state index in [4.69, 9.17) is 9.47 Å². The summed E-state index contributed by atoms with van der Waals surface area (Å²) in [5.74, 6) is 1.04. The summed E-state index contributed by atoms with van der Waals surface area (Å²) in [5.41, 5.74) is 2.29. The molecule has 2 aromatic rings. The Balaban J connectivity index is 1.94. The Hall–Kier alpha value is -1.85. The first kappa shape index (κ1) is 18.9. The van der Waals surface area contributed by atoms with Crippen molar-refractivity contribution in [2.45, 2.75) is 31.9 Å². The van der Waals surface area contributed by atoms with E-state index in [1.807, 2.05) is 42.2 Å². The molecule has 1 saturated heterocycles. The van der Waals surface area contributed by atoms with Crippen LogP contribution in [0.15, 0.2) is 53.0 Å². The molecule has 2 atom stereocenters. The molecule has 0 N–H and O–H groups in total. The quantitative estimate of drug-likeness (QED) is 0.661. The Morgan fingerprint density at radius 2 is 1.96 bits per heavy atom. The number of benzene rings is 2. The van der Waals surface area contributed by atoms with Crippen molar-refractivity contribution in [3.8, 4) is 5.75 Å². The van der Waals surface area contributed by atoms with Crippen LogP contribution in [0.4, 0.5) is 0 Å². The summed E-state index contributed by atoms with van der Waals surface area (Å²) in [5, 5.41) is 0. The normalized spacial score (nSPS) is 18.2. The van der Waals surface area contributed by atoms with Crippen LogP contribution in [-0.2, 0) is 9.53 Å². The Bertz CT molecular complexity index is 747. The van der Waals surface area contributed by atoms with Gasteiger partial charge in [-0.1, -0.05) is 40.2 Å². The van der Waals surface area contributed by atoms with Gasteiger partial charge >= 0.3 is 0 Å². The lowest BCUT2D eigenvalue weighted by molar-refractivity contribution is -0.136. The van der Waals surface area contributed by atoms with E-state index in [9.17, 15) is 4.79 Å². The Labute approximate surface area is 163 Å². The predicted octanol–water partition coefficient (Wildman–Crippen LogP) is 4.57. The van der Waals surface area contributed by atoms with E-state index in [-0.39, 0.29) is 18.1 Å². The molecule has 1 fully saturated rings. The van der Waals surface area contributed by atoms with Crippen LogP contribution in [0.5, 0.6) is 5.75 Å². The summed E-state index contributed by atoms with van der Waals surface area (Å²) in [6.07, 6.45) is 1.18. The third-order valence-corrected chi connectivity index (χ3v) is 5.31. The molecule has 0 radical (unpaired) electrons. The highest BCUT2D eigenvalue weighted by molar-refractivity contribution is 9.10. The van der Waals surface area contributed by atoms with Gasteiger partial charge < -0.3 is 14.4 Å². The second-order valence-electron chi connectivity index (χ2n) is 6.38. The lowest BCUT2D eigenvalue weighted by Crippen LogP contribution is -2.38. The number of likely N-dealkylation sites (tertiary alicyclic amines) is 1. The molecule has 1 heterocycles. The van der Waals surface area contributed by atoms with Gasteiger partial charge in [-0.2, -0.15) is 0 Å². The van der Waals surface area contributed by atoms with Crippen LogP contribution in [0.1, 0.15) is 36.8 Å². The number of rotatable bonds is 7. The summed E-state index contributed by atoms with van der Waals surface area (Å²) in [4.78, 5) is 14.3. The largest absolute Gasteiger partial charge is 0.497 e. The molecule has 26 heavy (non-hydrogen) atoms. The number of hydrogen-bond acceptors (Lipinski definition) is 3. The van der Waals surface area contributed by atoms with Crippen LogP contribution in [0.3, 0.4) is 0 Å². The molecule has 1 amide bonds. The van der Waals surface area contributed by atoms with Gasteiger partial charge in [-0.25, -0.2) is 0 Å². The average molecular weight is 418 g/mol. The summed E-state index contributed by atoms with van der Waals surface area (Å²) in [6.45, 7) is 3.17. The van der Waals surface area contributed by atoms with E-state index in [2.05, 4.69) is 34.1 Å². The third kappa shape index (κ3) is 4.27. The van der Waals surface area contributed by atoms with Gasteiger partial charge in [0.2, 0.25) is 5.91 Å². The van der Waals surface area contributed by atoms with Crippen molar-refractivity contribution >= 4 is 21.8 Å². The van der Waals surface area contributed by atoms with E-state index in [1.165, 1.54) is 0 Å². The van der Waals surface area contributed by atoms with Crippen LogP contribution in [0.2, 0.25) is 0 Å². The predicted molar refractivity (Wildman–Crippen MR) is 105 cm³/mol. The standard InChI is InChI=1S/C21H24BrNO3/c1-3-26-21-12-11-20(24)23(21)14-19(15-7-9-17(22)10-8-15)16-5-4-6-18(13-16)25-2/h4-10,13,19,21H,3,11-12,14H2,1-2H3. The van der Waals surface area contributed by atoms with Gasteiger partial charge in [0.25, 0.3) is 0 Å². The van der Waals surface area contributed by atoms with Gasteiger partial charge in [0.05, 0.1) is 7.11 Å². The molecule has 0 saturated carbocycles. The minimum Gasteiger partial charge on any atom is -0.497 e. The monoisotopic (exact) mass is 417 g/mol. The Kier molecular flexibility index (Phi) is 6.33. The van der Waals surface area contributed by atoms with Crippen molar-refractivity contribution in [1.29, 1.82) is 0 Å². The molecule has 1 aliphatic rings. The van der Waals surface area contributed by atoms with Crippen molar-refractivity contribution in [1.82, 2.24) is 4.90 Å². The molecule has 0 spiro atoms. The number of carbonyl (C=O) groups excluding carboxylic acids is 1. The second kappa shape index (κ2) is 8.69. The van der Waals surface area contributed by atoms with E-state index in [1.54, 1.807) is 7.11 Å². The number of nitrogens with zero attached hydrogens (tertiary/aromatic N) is 1. The van der Waals surface area contributed by atoms with Crippen molar-refractivity contribution in [3.05, 3.63) is 64.1 Å². The van der Waals surface area contributed by atoms with E-state index < -0.39 is 0 Å². The SMILES string of the molecule is CCOC1CCC(=O)N1CC(c1ccc(Br)cc1)c1cccc(OC)c1. The highest BCUT2D eigenvalue weighted by Crippen LogP contribution is 2.32. The van der Waals surface area contributed by atoms with Crippen LogP contribution in [0, 0.1) is 0 Å². The van der Waals surface area contributed by atoms with Crippen molar-refractivity contribution in [2.24, 2.45) is 0 Å². The fourth-order valence-electron chi connectivity index (χ4n) is 3.45. The van der Waals surface area contributed by atoms with Crippen LogP contribution in [-0.4, -0.2) is 37.3 Å². The third-order valence-electron chi connectivity index (χ3n) is 4.78. The zero-order chi connectivity index (χ0) is 18.5. The maximum absolute atomic E-state index is 12.4. The molecule has 138 valence electrons. The van der Waals surface area contributed by atoms with Crippen LogP contribution >= 0.6 is 15.9 Å². The van der Waals surface area contributed by atoms with Crippen molar-refractivity contribution < 1.29 is 14.3 Å². The number of halogens is 1. The zero-order valence-electron chi connectivity index (χ0n) is 15.2. The molecule has 0 aliphatic carbocycles. The highest BCUT2D eigenvalue weighted by Gasteiger charge is 2.33. The lowest BCUT2D eigenvalue weighted by Gasteiger charge is -2.29. The molecule has 0 bridgehead atoms. The number of amides is 1. The molecule has 0 aromatic heterocycles. The summed E-state index contributed by atoms with van der Waals surface area (Å²) in [6, 6.07) is 16.3. The van der Waals surface area contributed by atoms with Crippen molar-refractivity contribution in [3.63, 3.8) is 0 Å². The van der Waals surface area contributed by atoms with Gasteiger partial charge in [-0.15, -0.1) is 0 Å². The Morgan fingerprint density at radius 1 is 1.19 bits per heavy atom. The molecule has 2 aromatic carbocycles. The number of methoxy groups -OCH3 is 1. The topological polar surface area (TPSA) is 38.8 Å². The first-order chi connectivity index (χ1) is 12.6. The van der Waals surface area contributed by atoms with E-state index >= 15 is 0 Å². The fourth-order valence-corrected chi connectivity index (χ4v) is 3.71. The summed E-state index contributed by atoms with van der Waals surface area (Å²) >= 11 is 3.50. The maximum Gasteiger partial charge on any atom is 0.224 e. The Morgan fingerprint density at radius 3 is 2.65 bits per heavy atom. The van der Waals surface area contributed by atoms with Gasteiger partial charge in [0.1, 0.15) is 12.0 Å². The molecule has 4 nitrogen and oxygen atoms in total. The summed E-state index contributed by atoms with van der Waals surface area (Å²) < 4.78 is 12.2. The van der Waals surface area contributed by atoms with Crippen LogP contribution < -0.4 is 4.74 Å². The highest BCUT2D eigenvalue weighted by atomic mass is 79.9. The molecular weight excluding hydrogens is 394 g/mol. The number of hydrogen-bond donors (Lipinski definition) is 0. The number of carbonyl (C=O) groups is 1. The average Bonchev–Trinajstić information content (AvgIpc) is 3.00. The molecule has 5 heteroatoms. The minimum atomic E-state index is -0.129. The first-order valence-electron chi connectivity index (χ1n) is 8.93. The maximum atomic E-state index is 12.4. The lowest BCUT2D eigenvalue weighted by atomic mass is 9.90. The molecule has 1 aliphatic heterocycles. The van der Waals surface area contributed by atoms with E-state index in [0.717, 1.165) is 27.8 Å². The van der Waals surface area contributed by atoms with E-state index in [0.29, 0.717) is 19.6 Å². The smallest absolute Gasteiger partial charge is 0.224 e. The summed E-state index contributed by atoms with van der Waals surface area (Å²) in [7, 11) is 1.67. The fraction of sp³-hybridized carbons (Fsp3) is 0.381. The molecular formula is C21H24BrNO3. The van der Waals surface area contributed by atoms with Crippen molar-refractivity contribution in [2.75, 3.05) is 20.3 Å². The zero-order valence-corrected chi connectivity index (χ0v) is 16.7. The minimum absolute atomic E-state index is 0.0585. The molecule has 3 rings (SSSR count). The van der Waals surface area contributed by atoms with Gasteiger partial charge in [0.15, 0.2) is 0 Å².